The Kier molecular flexibility index (Phi) is 7.39. The van der Waals surface area contributed by atoms with Crippen LogP contribution in [0, 0.1) is 11.8 Å². The average molecular weight is 422 g/mol. The van der Waals surface area contributed by atoms with Gasteiger partial charge in [0.05, 0.1) is 6.10 Å². The molecule has 4 aliphatic rings. The number of piperidine rings is 1. The highest BCUT2D eigenvalue weighted by Crippen LogP contribution is 2.35. The van der Waals surface area contributed by atoms with Gasteiger partial charge in [-0.05, 0) is 38.5 Å². The number of amides is 1. The number of nitrogens with zero attached hydrogens (tertiary/aromatic N) is 1. The van der Waals surface area contributed by atoms with Crippen LogP contribution < -0.4 is 5.32 Å². The number of rotatable bonds is 3. The van der Waals surface area contributed by atoms with Crippen molar-refractivity contribution in [2.45, 2.75) is 62.9 Å². The average Bonchev–Trinajstić information content (AvgIpc) is 3.51. The number of carbonyl (C=O) groups is 2. The lowest BCUT2D eigenvalue weighted by Gasteiger charge is -2.47. The Labute approximate surface area is 167 Å². The Morgan fingerprint density at radius 3 is 2.24 bits per heavy atom. The van der Waals surface area contributed by atoms with Gasteiger partial charge < -0.3 is 19.9 Å². The van der Waals surface area contributed by atoms with Crippen LogP contribution in [0.15, 0.2) is 0 Å². The van der Waals surface area contributed by atoms with Crippen molar-refractivity contribution in [2.24, 2.45) is 11.8 Å². The second kappa shape index (κ2) is 9.61. The minimum atomic E-state index is -5.08. The van der Waals surface area contributed by atoms with Gasteiger partial charge >= 0.3 is 12.1 Å². The van der Waals surface area contributed by atoms with Gasteiger partial charge in [0.15, 0.2) is 0 Å². The molecule has 0 spiro atoms. The number of hydrogen-bond acceptors (Lipinski definition) is 5. The van der Waals surface area contributed by atoms with Gasteiger partial charge in [-0.25, -0.2) is 4.79 Å². The molecule has 3 heterocycles. The quantitative estimate of drug-likeness (QED) is 0.721. The zero-order chi connectivity index (χ0) is 21.0. The van der Waals surface area contributed by atoms with Gasteiger partial charge in [-0.15, -0.1) is 0 Å². The molecule has 29 heavy (non-hydrogen) atoms. The number of fused-ring (bicyclic) bond motifs is 1. The third-order valence-electron chi connectivity index (χ3n) is 6.11. The molecule has 0 bridgehead atoms. The number of halogens is 3. The second-order valence-electron chi connectivity index (χ2n) is 8.18. The first-order valence-electron chi connectivity index (χ1n) is 10.3. The number of alkyl halides is 3. The predicted molar refractivity (Wildman–Crippen MR) is 96.2 cm³/mol. The summed E-state index contributed by atoms with van der Waals surface area (Å²) in [6.45, 7) is 4.66. The van der Waals surface area contributed by atoms with E-state index in [-0.39, 0.29) is 11.8 Å². The molecule has 0 aromatic heterocycles. The van der Waals surface area contributed by atoms with Gasteiger partial charge in [0, 0.05) is 56.8 Å². The fourth-order valence-electron chi connectivity index (χ4n) is 4.38. The number of nitrogens with one attached hydrogen (secondary N) is 1. The van der Waals surface area contributed by atoms with Crippen LogP contribution in [0.4, 0.5) is 13.2 Å². The van der Waals surface area contributed by atoms with Crippen molar-refractivity contribution in [2.75, 3.05) is 32.9 Å². The summed E-state index contributed by atoms with van der Waals surface area (Å²) in [4.78, 5) is 24.1. The molecule has 10 heteroatoms. The van der Waals surface area contributed by atoms with Crippen molar-refractivity contribution in [3.8, 4) is 0 Å². The fourth-order valence-corrected chi connectivity index (χ4v) is 4.38. The number of carbonyl (C=O) groups excluding carboxylic acids is 1. The van der Waals surface area contributed by atoms with Crippen molar-refractivity contribution in [3.05, 3.63) is 0 Å². The molecule has 3 saturated heterocycles. The highest BCUT2D eigenvalue weighted by Gasteiger charge is 2.43. The summed E-state index contributed by atoms with van der Waals surface area (Å²) in [7, 11) is 0. The summed E-state index contributed by atoms with van der Waals surface area (Å²) in [5.41, 5.74) is 0. The van der Waals surface area contributed by atoms with E-state index >= 15 is 0 Å². The maximum atomic E-state index is 12.6. The van der Waals surface area contributed by atoms with E-state index in [0.717, 1.165) is 71.4 Å². The molecule has 0 aromatic rings. The van der Waals surface area contributed by atoms with E-state index in [2.05, 4.69) is 10.2 Å². The fraction of sp³-hybridized carbons (Fsp3) is 0.895. The molecule has 1 amide bonds. The third-order valence-corrected chi connectivity index (χ3v) is 6.11. The topological polar surface area (TPSA) is 88.1 Å². The molecule has 1 saturated carbocycles. The monoisotopic (exact) mass is 422 g/mol. The van der Waals surface area contributed by atoms with Crippen LogP contribution in [0.1, 0.15) is 38.5 Å². The van der Waals surface area contributed by atoms with Gasteiger partial charge in [-0.1, -0.05) is 0 Å². The second-order valence-corrected chi connectivity index (χ2v) is 8.18. The molecule has 3 aliphatic heterocycles. The van der Waals surface area contributed by atoms with Crippen LogP contribution in [0.3, 0.4) is 0 Å². The lowest BCUT2D eigenvalue weighted by Crippen LogP contribution is -2.56. The van der Waals surface area contributed by atoms with Crippen molar-refractivity contribution in [1.29, 1.82) is 0 Å². The van der Waals surface area contributed by atoms with Crippen molar-refractivity contribution in [1.82, 2.24) is 10.2 Å². The summed E-state index contributed by atoms with van der Waals surface area (Å²) >= 11 is 0. The maximum absolute atomic E-state index is 12.6. The van der Waals surface area contributed by atoms with Gasteiger partial charge in [0.2, 0.25) is 5.91 Å². The van der Waals surface area contributed by atoms with E-state index in [0.29, 0.717) is 24.1 Å². The Bertz CT molecular complexity index is 579. The van der Waals surface area contributed by atoms with E-state index < -0.39 is 12.1 Å². The lowest BCUT2D eigenvalue weighted by atomic mass is 9.78. The smallest absolute Gasteiger partial charge is 0.475 e. The number of likely N-dealkylation sites (tertiary alicyclic amines) is 1. The largest absolute Gasteiger partial charge is 0.490 e. The molecule has 0 radical (unpaired) electrons. The van der Waals surface area contributed by atoms with Crippen LogP contribution in [-0.4, -0.2) is 79.2 Å². The van der Waals surface area contributed by atoms with Crippen molar-refractivity contribution in [3.63, 3.8) is 0 Å². The molecular weight excluding hydrogens is 393 g/mol. The standard InChI is InChI=1S/C17H28N2O3.C2HF3O2/c20-17(18-12-1-2-12)14-6-10-22-16-3-7-19(11-15(14)16)13-4-8-21-9-5-13;3-2(4,5)1(6)7/h12-16H,1-11H2,(H,18,20);(H,6,7)/t14-,15+,16-;/m1./s1. The summed E-state index contributed by atoms with van der Waals surface area (Å²) < 4.78 is 43.2. The molecule has 7 nitrogen and oxygen atoms in total. The maximum Gasteiger partial charge on any atom is 0.490 e. The van der Waals surface area contributed by atoms with Gasteiger partial charge in [-0.2, -0.15) is 13.2 Å². The van der Waals surface area contributed by atoms with Crippen LogP contribution in [0.5, 0.6) is 0 Å². The predicted octanol–water partition coefficient (Wildman–Crippen LogP) is 1.80. The third kappa shape index (κ3) is 6.29. The molecule has 0 aromatic carbocycles. The normalized spacial score (nSPS) is 31.2. The summed E-state index contributed by atoms with van der Waals surface area (Å²) in [6.07, 6.45) is 1.78. The minimum absolute atomic E-state index is 0.155. The van der Waals surface area contributed by atoms with E-state index in [1.165, 1.54) is 0 Å². The Morgan fingerprint density at radius 1 is 1.00 bits per heavy atom. The zero-order valence-corrected chi connectivity index (χ0v) is 16.3. The molecule has 4 fully saturated rings. The van der Waals surface area contributed by atoms with Crippen LogP contribution in [0.25, 0.3) is 0 Å². The van der Waals surface area contributed by atoms with Gasteiger partial charge in [0.25, 0.3) is 0 Å². The van der Waals surface area contributed by atoms with E-state index in [1.54, 1.807) is 0 Å². The Hall–Kier alpha value is -1.39. The molecule has 3 atom stereocenters. The summed E-state index contributed by atoms with van der Waals surface area (Å²) in [5.74, 6) is -1.94. The zero-order valence-electron chi connectivity index (χ0n) is 16.3. The Morgan fingerprint density at radius 2 is 1.66 bits per heavy atom. The number of carboxylic acid groups (broad SMARTS) is 1. The van der Waals surface area contributed by atoms with E-state index in [9.17, 15) is 18.0 Å². The highest BCUT2D eigenvalue weighted by molar-refractivity contribution is 5.79. The molecule has 0 unspecified atom stereocenters. The first-order valence-corrected chi connectivity index (χ1v) is 10.3. The van der Waals surface area contributed by atoms with Crippen LogP contribution >= 0.6 is 0 Å². The molecule has 166 valence electrons. The minimum Gasteiger partial charge on any atom is -0.475 e. The van der Waals surface area contributed by atoms with Crippen LogP contribution in [0.2, 0.25) is 0 Å². The van der Waals surface area contributed by atoms with Gasteiger partial charge in [-0.3, -0.25) is 9.69 Å². The lowest BCUT2D eigenvalue weighted by molar-refractivity contribution is -0.192. The highest BCUT2D eigenvalue weighted by atomic mass is 19.4. The van der Waals surface area contributed by atoms with Crippen molar-refractivity contribution >= 4 is 11.9 Å². The van der Waals surface area contributed by atoms with Crippen LogP contribution in [-0.2, 0) is 19.1 Å². The summed E-state index contributed by atoms with van der Waals surface area (Å²) in [6, 6.07) is 1.10. The first kappa shape index (κ1) is 22.3. The number of aliphatic carboxylic acids is 1. The van der Waals surface area contributed by atoms with Crippen molar-refractivity contribution < 1.29 is 37.3 Å². The first-order chi connectivity index (χ1) is 13.8. The number of ether oxygens (including phenoxy) is 2. The number of hydrogen-bond donors (Lipinski definition) is 2. The Balaban J connectivity index is 0.000000298. The van der Waals surface area contributed by atoms with E-state index in [4.69, 9.17) is 19.4 Å². The summed E-state index contributed by atoms with van der Waals surface area (Å²) in [5, 5.41) is 10.3. The van der Waals surface area contributed by atoms with E-state index in [1.807, 2.05) is 0 Å². The molecular formula is C19H29F3N2O5. The molecule has 2 N–H and O–H groups in total. The molecule has 4 rings (SSSR count). The SMILES string of the molecule is O=C(NC1CC1)[C@@H]1CCO[C@@H]2CCN(C3CCOCC3)C[C@H]21.O=C(O)C(F)(F)F. The number of carboxylic acids is 1. The van der Waals surface area contributed by atoms with Gasteiger partial charge in [0.1, 0.15) is 0 Å². The molecule has 1 aliphatic carbocycles.